The van der Waals surface area contributed by atoms with Crippen LogP contribution in [0.1, 0.15) is 24.8 Å². The summed E-state index contributed by atoms with van der Waals surface area (Å²) in [5.74, 6) is 1.41. The monoisotopic (exact) mass is 509 g/mol. The molecule has 2 atom stereocenters. The number of piperidine rings is 1. The molecule has 37 heavy (non-hydrogen) atoms. The molecule has 2 aromatic rings. The van der Waals surface area contributed by atoms with Crippen molar-refractivity contribution in [1.29, 1.82) is 0 Å². The van der Waals surface area contributed by atoms with Gasteiger partial charge in [0.1, 0.15) is 5.75 Å². The van der Waals surface area contributed by atoms with Gasteiger partial charge in [-0.05, 0) is 50.1 Å². The van der Waals surface area contributed by atoms with Crippen molar-refractivity contribution in [3.63, 3.8) is 0 Å². The highest BCUT2D eigenvalue weighted by Crippen LogP contribution is 2.26. The highest BCUT2D eigenvalue weighted by atomic mass is 16.5. The molecule has 2 aliphatic rings. The van der Waals surface area contributed by atoms with Crippen molar-refractivity contribution in [2.24, 2.45) is 5.92 Å². The number of anilines is 1. The minimum atomic E-state index is -0.350. The molecule has 4 rings (SSSR count). The minimum absolute atomic E-state index is 0.0480. The number of rotatable bonds is 8. The largest absolute Gasteiger partial charge is 0.493 e. The van der Waals surface area contributed by atoms with Gasteiger partial charge in [-0.3, -0.25) is 24.8 Å². The second kappa shape index (κ2) is 12.0. The number of aryl methyl sites for hydroxylation is 1. The maximum atomic E-state index is 12.6. The van der Waals surface area contributed by atoms with E-state index in [0.29, 0.717) is 44.2 Å². The summed E-state index contributed by atoms with van der Waals surface area (Å²) in [5.41, 5.74) is 2.43. The standard InChI is InChI=1S/C26H35N7O4/c1-17-9-19(6-7-22(17)37-16-18-10-24(34)28-11-18)21-12-27-13-23(30-21)31-26(36)29-20-5-4-8-33(14-20)15-25(35)32(2)3/h6-7,9,12-13,18,20H,4-5,8,10-11,14-16H2,1-3H3,(H,28,34)(H2,29,30,31,36). The number of ether oxygens (including phenoxy) is 1. The van der Waals surface area contributed by atoms with Gasteiger partial charge in [-0.25, -0.2) is 9.78 Å². The first kappa shape index (κ1) is 26.3. The van der Waals surface area contributed by atoms with E-state index in [1.54, 1.807) is 25.2 Å². The lowest BCUT2D eigenvalue weighted by Gasteiger charge is -2.33. The number of likely N-dealkylation sites (N-methyl/N-ethyl adjacent to an activating group) is 1. The Morgan fingerprint density at radius 2 is 2.11 bits per heavy atom. The van der Waals surface area contributed by atoms with E-state index in [4.69, 9.17) is 4.74 Å². The molecule has 3 heterocycles. The number of hydrogen-bond donors (Lipinski definition) is 3. The van der Waals surface area contributed by atoms with Gasteiger partial charge in [-0.15, -0.1) is 0 Å². The Kier molecular flexibility index (Phi) is 8.54. The van der Waals surface area contributed by atoms with Gasteiger partial charge in [0.05, 0.1) is 31.2 Å². The Labute approximate surface area is 217 Å². The van der Waals surface area contributed by atoms with Crippen molar-refractivity contribution in [1.82, 2.24) is 30.4 Å². The molecule has 1 aromatic carbocycles. The average molecular weight is 510 g/mol. The first-order valence-electron chi connectivity index (χ1n) is 12.6. The molecule has 2 saturated heterocycles. The van der Waals surface area contributed by atoms with E-state index >= 15 is 0 Å². The maximum Gasteiger partial charge on any atom is 0.320 e. The van der Waals surface area contributed by atoms with Crippen molar-refractivity contribution >= 4 is 23.7 Å². The van der Waals surface area contributed by atoms with E-state index < -0.39 is 0 Å². The fourth-order valence-electron chi connectivity index (χ4n) is 4.51. The van der Waals surface area contributed by atoms with Crippen molar-refractivity contribution in [3.8, 4) is 17.0 Å². The fourth-order valence-corrected chi connectivity index (χ4v) is 4.51. The van der Waals surface area contributed by atoms with Crippen LogP contribution in [0.4, 0.5) is 10.6 Å². The zero-order valence-corrected chi connectivity index (χ0v) is 21.6. The molecule has 0 saturated carbocycles. The Morgan fingerprint density at radius 3 is 2.84 bits per heavy atom. The number of hydrogen-bond acceptors (Lipinski definition) is 7. The van der Waals surface area contributed by atoms with Crippen LogP contribution in [0.2, 0.25) is 0 Å². The number of benzene rings is 1. The number of nitrogens with one attached hydrogen (secondary N) is 3. The molecule has 2 fully saturated rings. The third-order valence-electron chi connectivity index (χ3n) is 6.58. The van der Waals surface area contributed by atoms with E-state index in [1.165, 1.54) is 6.20 Å². The molecule has 11 nitrogen and oxygen atoms in total. The molecule has 0 radical (unpaired) electrons. The van der Waals surface area contributed by atoms with E-state index in [1.807, 2.05) is 25.1 Å². The second-order valence-corrected chi connectivity index (χ2v) is 9.92. The summed E-state index contributed by atoms with van der Waals surface area (Å²) in [4.78, 5) is 48.5. The molecule has 2 aliphatic heterocycles. The van der Waals surface area contributed by atoms with Crippen LogP contribution in [-0.2, 0) is 9.59 Å². The molecule has 11 heteroatoms. The van der Waals surface area contributed by atoms with Gasteiger partial charge in [0.2, 0.25) is 11.8 Å². The van der Waals surface area contributed by atoms with E-state index in [-0.39, 0.29) is 29.8 Å². The number of amides is 4. The number of nitrogens with zero attached hydrogens (tertiary/aromatic N) is 4. The smallest absolute Gasteiger partial charge is 0.320 e. The summed E-state index contributed by atoms with van der Waals surface area (Å²) in [7, 11) is 3.49. The van der Waals surface area contributed by atoms with Crippen LogP contribution < -0.4 is 20.7 Å². The minimum Gasteiger partial charge on any atom is -0.493 e. The summed E-state index contributed by atoms with van der Waals surface area (Å²) in [6.45, 7) is 4.90. The van der Waals surface area contributed by atoms with Gasteiger partial charge in [0.25, 0.3) is 0 Å². The Morgan fingerprint density at radius 1 is 1.27 bits per heavy atom. The Hall–Kier alpha value is -3.73. The number of aromatic nitrogens is 2. The van der Waals surface area contributed by atoms with Crippen molar-refractivity contribution in [2.75, 3.05) is 52.2 Å². The summed E-state index contributed by atoms with van der Waals surface area (Å²) >= 11 is 0. The molecule has 198 valence electrons. The van der Waals surface area contributed by atoms with Crippen LogP contribution >= 0.6 is 0 Å². The van der Waals surface area contributed by atoms with Crippen molar-refractivity contribution in [2.45, 2.75) is 32.2 Å². The van der Waals surface area contributed by atoms with Crippen LogP contribution in [-0.4, -0.2) is 90.5 Å². The zero-order valence-electron chi connectivity index (χ0n) is 21.6. The Bertz CT molecular complexity index is 1140. The topological polar surface area (TPSA) is 129 Å². The van der Waals surface area contributed by atoms with Crippen LogP contribution in [0, 0.1) is 12.8 Å². The molecular formula is C26H35N7O4. The normalized spacial score (nSPS) is 19.7. The van der Waals surface area contributed by atoms with Crippen LogP contribution in [0.3, 0.4) is 0 Å². The SMILES string of the molecule is Cc1cc(-c2cncc(NC(=O)NC3CCCN(CC(=O)N(C)C)C3)n2)ccc1OCC1CNC(=O)C1. The lowest BCUT2D eigenvalue weighted by molar-refractivity contribution is -0.130. The molecule has 4 amide bonds. The summed E-state index contributed by atoms with van der Waals surface area (Å²) in [5, 5.41) is 8.59. The molecular weight excluding hydrogens is 474 g/mol. The van der Waals surface area contributed by atoms with Gasteiger partial charge < -0.3 is 20.3 Å². The number of urea groups is 1. The van der Waals surface area contributed by atoms with Crippen molar-refractivity contribution < 1.29 is 19.1 Å². The van der Waals surface area contributed by atoms with E-state index in [2.05, 4.69) is 30.8 Å². The fraction of sp³-hybridized carbons (Fsp3) is 0.500. The number of carbonyl (C=O) groups is 3. The van der Waals surface area contributed by atoms with Crippen LogP contribution in [0.15, 0.2) is 30.6 Å². The van der Waals surface area contributed by atoms with Gasteiger partial charge in [-0.1, -0.05) is 0 Å². The molecule has 1 aromatic heterocycles. The third kappa shape index (κ3) is 7.39. The second-order valence-electron chi connectivity index (χ2n) is 9.92. The predicted octanol–water partition coefficient (Wildman–Crippen LogP) is 1.64. The number of carbonyl (C=O) groups excluding carboxylic acids is 3. The van der Waals surface area contributed by atoms with Gasteiger partial charge in [-0.2, -0.15) is 0 Å². The van der Waals surface area contributed by atoms with Gasteiger partial charge >= 0.3 is 6.03 Å². The molecule has 0 spiro atoms. The molecule has 0 bridgehead atoms. The van der Waals surface area contributed by atoms with E-state index in [9.17, 15) is 14.4 Å². The van der Waals surface area contributed by atoms with Gasteiger partial charge in [0, 0.05) is 51.1 Å². The summed E-state index contributed by atoms with van der Waals surface area (Å²) in [6, 6.07) is 5.36. The lowest BCUT2D eigenvalue weighted by atomic mass is 10.1. The molecule has 3 N–H and O–H groups in total. The molecule has 2 unspecified atom stereocenters. The summed E-state index contributed by atoms with van der Waals surface area (Å²) < 4.78 is 5.93. The van der Waals surface area contributed by atoms with Crippen molar-refractivity contribution in [3.05, 3.63) is 36.2 Å². The first-order valence-corrected chi connectivity index (χ1v) is 12.6. The third-order valence-corrected chi connectivity index (χ3v) is 6.58. The molecule has 0 aliphatic carbocycles. The quantitative estimate of drug-likeness (QED) is 0.493. The highest BCUT2D eigenvalue weighted by molar-refractivity contribution is 5.88. The average Bonchev–Trinajstić information content (AvgIpc) is 3.28. The van der Waals surface area contributed by atoms with E-state index in [0.717, 1.165) is 36.3 Å². The Balaban J connectivity index is 1.31. The zero-order chi connectivity index (χ0) is 26.4. The highest BCUT2D eigenvalue weighted by Gasteiger charge is 2.24. The predicted molar refractivity (Wildman–Crippen MR) is 139 cm³/mol. The van der Waals surface area contributed by atoms with Crippen LogP contribution in [0.25, 0.3) is 11.3 Å². The first-order chi connectivity index (χ1) is 17.8. The van der Waals surface area contributed by atoms with Gasteiger partial charge in [0.15, 0.2) is 5.82 Å². The van der Waals surface area contributed by atoms with Crippen LogP contribution in [0.5, 0.6) is 5.75 Å². The number of likely N-dealkylation sites (tertiary alicyclic amines) is 1. The lowest BCUT2D eigenvalue weighted by Crippen LogP contribution is -2.50. The summed E-state index contributed by atoms with van der Waals surface area (Å²) in [6.07, 6.45) is 5.42. The maximum absolute atomic E-state index is 12.6.